The van der Waals surface area contributed by atoms with Crippen molar-refractivity contribution in [3.8, 4) is 0 Å². The summed E-state index contributed by atoms with van der Waals surface area (Å²) in [5, 5.41) is 0. The second kappa shape index (κ2) is 6.82. The van der Waals surface area contributed by atoms with E-state index in [1.165, 1.54) is 37.8 Å². The van der Waals surface area contributed by atoms with Gasteiger partial charge < -0.3 is 5.73 Å². The van der Waals surface area contributed by atoms with Crippen LogP contribution in [-0.4, -0.2) is 25.0 Å². The fourth-order valence-electron chi connectivity index (χ4n) is 3.04. The lowest BCUT2D eigenvalue weighted by Gasteiger charge is -2.30. The largest absolute Gasteiger partial charge is 0.329 e. The van der Waals surface area contributed by atoms with Gasteiger partial charge in [-0.05, 0) is 43.5 Å². The highest BCUT2D eigenvalue weighted by Gasteiger charge is 2.23. The lowest BCUT2D eigenvalue weighted by molar-refractivity contribution is 0.212. The molecule has 1 fully saturated rings. The average Bonchev–Trinajstić information content (AvgIpc) is 2.85. The van der Waals surface area contributed by atoms with Crippen LogP contribution in [0.25, 0.3) is 0 Å². The minimum Gasteiger partial charge on any atom is -0.329 e. The summed E-state index contributed by atoms with van der Waals surface area (Å²) in [6.45, 7) is 1.62. The second-order valence-corrected chi connectivity index (χ2v) is 6.36. The van der Waals surface area contributed by atoms with Crippen LogP contribution in [0.3, 0.4) is 0 Å². The third-order valence-electron chi connectivity index (χ3n) is 4.10. The molecule has 2 N–H and O–H groups in total. The highest BCUT2D eigenvalue weighted by molar-refractivity contribution is 9.10. The highest BCUT2D eigenvalue weighted by Crippen LogP contribution is 2.31. The maximum absolute atomic E-state index is 13.2. The fraction of sp³-hybridized carbons (Fsp3) is 0.600. The molecule has 0 heterocycles. The van der Waals surface area contributed by atoms with Crippen molar-refractivity contribution in [3.05, 3.63) is 34.1 Å². The summed E-state index contributed by atoms with van der Waals surface area (Å²) in [6.07, 6.45) is 5.36. The summed E-state index contributed by atoms with van der Waals surface area (Å²) in [4.78, 5) is 2.31. The van der Waals surface area contributed by atoms with E-state index in [0.29, 0.717) is 6.54 Å². The minimum absolute atomic E-state index is 0.149. The molecule has 1 aromatic rings. The van der Waals surface area contributed by atoms with Gasteiger partial charge in [0.25, 0.3) is 0 Å². The first-order valence-electron chi connectivity index (χ1n) is 6.97. The molecule has 2 nitrogen and oxygen atoms in total. The van der Waals surface area contributed by atoms with Crippen LogP contribution in [0, 0.1) is 11.7 Å². The standard InChI is InChI=1S/C15H22BrFN2/c1-19(10-11-4-2-3-5-11)15(9-18)13-7-6-12(17)8-14(13)16/h6-8,11,15H,2-5,9-10,18H2,1H3. The molecule has 1 aliphatic rings. The van der Waals surface area contributed by atoms with Crippen molar-refractivity contribution >= 4 is 15.9 Å². The Morgan fingerprint density at radius 2 is 2.11 bits per heavy atom. The van der Waals surface area contributed by atoms with Gasteiger partial charge >= 0.3 is 0 Å². The smallest absolute Gasteiger partial charge is 0.124 e. The van der Waals surface area contributed by atoms with Crippen LogP contribution in [0.1, 0.15) is 37.3 Å². The number of rotatable bonds is 5. The molecule has 1 aromatic carbocycles. The van der Waals surface area contributed by atoms with Crippen LogP contribution >= 0.6 is 15.9 Å². The van der Waals surface area contributed by atoms with E-state index in [9.17, 15) is 4.39 Å². The third-order valence-corrected chi connectivity index (χ3v) is 4.78. The van der Waals surface area contributed by atoms with Gasteiger partial charge in [0.15, 0.2) is 0 Å². The number of benzene rings is 1. The van der Waals surface area contributed by atoms with E-state index in [-0.39, 0.29) is 11.9 Å². The molecular weight excluding hydrogens is 307 g/mol. The van der Waals surface area contributed by atoms with E-state index in [0.717, 1.165) is 22.5 Å². The van der Waals surface area contributed by atoms with Gasteiger partial charge in [-0.1, -0.05) is 34.8 Å². The molecule has 0 amide bonds. The first-order chi connectivity index (χ1) is 9.11. The van der Waals surface area contributed by atoms with Gasteiger partial charge in [-0.2, -0.15) is 0 Å². The van der Waals surface area contributed by atoms with E-state index in [2.05, 4.69) is 27.9 Å². The Labute approximate surface area is 123 Å². The van der Waals surface area contributed by atoms with E-state index in [1.807, 2.05) is 6.07 Å². The Bertz CT molecular complexity index is 419. The van der Waals surface area contributed by atoms with Gasteiger partial charge in [0.05, 0.1) is 0 Å². The molecule has 1 unspecified atom stereocenters. The van der Waals surface area contributed by atoms with Gasteiger partial charge in [0, 0.05) is 23.6 Å². The molecule has 0 spiro atoms. The van der Waals surface area contributed by atoms with E-state index in [1.54, 1.807) is 0 Å². The number of halogens is 2. The first kappa shape index (κ1) is 14.9. The van der Waals surface area contributed by atoms with Crippen molar-refractivity contribution < 1.29 is 4.39 Å². The van der Waals surface area contributed by atoms with Crippen molar-refractivity contribution in [2.24, 2.45) is 11.7 Å². The summed E-state index contributed by atoms with van der Waals surface area (Å²) in [6, 6.07) is 5.01. The van der Waals surface area contributed by atoms with Gasteiger partial charge in [-0.25, -0.2) is 4.39 Å². The fourth-order valence-corrected chi connectivity index (χ4v) is 3.66. The molecule has 4 heteroatoms. The van der Waals surface area contributed by atoms with Gasteiger partial charge in [-0.3, -0.25) is 4.90 Å². The average molecular weight is 329 g/mol. The maximum Gasteiger partial charge on any atom is 0.124 e. The summed E-state index contributed by atoms with van der Waals surface area (Å²) >= 11 is 3.45. The number of hydrogen-bond acceptors (Lipinski definition) is 2. The molecule has 106 valence electrons. The zero-order chi connectivity index (χ0) is 13.8. The van der Waals surface area contributed by atoms with Crippen LogP contribution in [0.4, 0.5) is 4.39 Å². The zero-order valence-electron chi connectivity index (χ0n) is 11.4. The SMILES string of the molecule is CN(CC1CCCC1)C(CN)c1ccc(F)cc1Br. The Kier molecular flexibility index (Phi) is 5.37. The van der Waals surface area contributed by atoms with Crippen molar-refractivity contribution in [1.82, 2.24) is 4.90 Å². The van der Waals surface area contributed by atoms with Crippen LogP contribution < -0.4 is 5.73 Å². The maximum atomic E-state index is 13.2. The Morgan fingerprint density at radius 1 is 1.42 bits per heavy atom. The monoisotopic (exact) mass is 328 g/mol. The van der Waals surface area contributed by atoms with Crippen LogP contribution in [0.15, 0.2) is 22.7 Å². The van der Waals surface area contributed by atoms with E-state index >= 15 is 0 Å². The molecule has 0 saturated heterocycles. The first-order valence-corrected chi connectivity index (χ1v) is 7.76. The molecule has 1 aliphatic carbocycles. The molecular formula is C15H22BrFN2. The Morgan fingerprint density at radius 3 is 2.68 bits per heavy atom. The lowest BCUT2D eigenvalue weighted by Crippen LogP contribution is -2.34. The van der Waals surface area contributed by atoms with Crippen LogP contribution in [-0.2, 0) is 0 Å². The second-order valence-electron chi connectivity index (χ2n) is 5.51. The molecule has 0 aliphatic heterocycles. The number of likely N-dealkylation sites (N-methyl/N-ethyl adjacent to an activating group) is 1. The third kappa shape index (κ3) is 3.77. The molecule has 1 atom stereocenters. The highest BCUT2D eigenvalue weighted by atomic mass is 79.9. The van der Waals surface area contributed by atoms with E-state index < -0.39 is 0 Å². The molecule has 0 bridgehead atoms. The summed E-state index contributed by atoms with van der Waals surface area (Å²) < 4.78 is 14.0. The Balaban J connectivity index is 2.09. The summed E-state index contributed by atoms with van der Waals surface area (Å²) in [5.74, 6) is 0.572. The molecule has 19 heavy (non-hydrogen) atoms. The number of hydrogen-bond donors (Lipinski definition) is 1. The van der Waals surface area contributed by atoms with Crippen LogP contribution in [0.2, 0.25) is 0 Å². The number of nitrogens with zero attached hydrogens (tertiary/aromatic N) is 1. The van der Waals surface area contributed by atoms with Gasteiger partial charge in [0.1, 0.15) is 5.82 Å². The minimum atomic E-state index is -0.218. The normalized spacial score (nSPS) is 18.2. The topological polar surface area (TPSA) is 29.3 Å². The van der Waals surface area contributed by atoms with E-state index in [4.69, 9.17) is 5.73 Å². The zero-order valence-corrected chi connectivity index (χ0v) is 13.0. The van der Waals surface area contributed by atoms with Crippen LogP contribution in [0.5, 0.6) is 0 Å². The Hall–Kier alpha value is -0.450. The van der Waals surface area contributed by atoms with Gasteiger partial charge in [-0.15, -0.1) is 0 Å². The summed E-state index contributed by atoms with van der Waals surface area (Å²) in [5.41, 5.74) is 7.00. The molecule has 0 radical (unpaired) electrons. The predicted octanol–water partition coefficient (Wildman–Crippen LogP) is 3.71. The molecule has 0 aromatic heterocycles. The van der Waals surface area contributed by atoms with Crippen molar-refractivity contribution in [2.45, 2.75) is 31.7 Å². The van der Waals surface area contributed by atoms with Crippen molar-refractivity contribution in [2.75, 3.05) is 20.1 Å². The van der Waals surface area contributed by atoms with Gasteiger partial charge in [0.2, 0.25) is 0 Å². The number of nitrogens with two attached hydrogens (primary N) is 1. The lowest BCUT2D eigenvalue weighted by atomic mass is 10.0. The van der Waals surface area contributed by atoms with Crippen molar-refractivity contribution in [3.63, 3.8) is 0 Å². The molecule has 2 rings (SSSR count). The summed E-state index contributed by atoms with van der Waals surface area (Å²) in [7, 11) is 2.12. The predicted molar refractivity (Wildman–Crippen MR) is 80.5 cm³/mol. The quantitative estimate of drug-likeness (QED) is 0.892. The molecule has 1 saturated carbocycles. The van der Waals surface area contributed by atoms with Crippen molar-refractivity contribution in [1.29, 1.82) is 0 Å².